The Labute approximate surface area is 129 Å². The summed E-state index contributed by atoms with van der Waals surface area (Å²) in [6, 6.07) is 3.38. The lowest BCUT2D eigenvalue weighted by Crippen LogP contribution is -2.27. The summed E-state index contributed by atoms with van der Waals surface area (Å²) in [5.41, 5.74) is 0.607. The maximum absolute atomic E-state index is 12.5. The number of benzene rings is 1. The predicted molar refractivity (Wildman–Crippen MR) is 82.1 cm³/mol. The maximum atomic E-state index is 12.5. The number of methoxy groups -OCH3 is 2. The van der Waals surface area contributed by atoms with Gasteiger partial charge in [-0.2, -0.15) is 0 Å². The highest BCUT2D eigenvalue weighted by Crippen LogP contribution is 2.49. The van der Waals surface area contributed by atoms with E-state index in [1.807, 2.05) is 0 Å². The second-order valence-electron chi connectivity index (χ2n) is 5.96. The van der Waals surface area contributed by atoms with E-state index in [4.69, 9.17) is 21.1 Å². The van der Waals surface area contributed by atoms with Crippen LogP contribution in [0.2, 0.25) is 5.02 Å². The summed E-state index contributed by atoms with van der Waals surface area (Å²) in [7, 11) is 3.12. The fraction of sp³-hybridized carbons (Fsp3) is 0.562. The van der Waals surface area contributed by atoms with E-state index < -0.39 is 0 Å². The zero-order valence-corrected chi connectivity index (χ0v) is 13.1. The lowest BCUT2D eigenvalue weighted by molar-refractivity contribution is -0.121. The molecule has 0 heterocycles. The number of fused-ring (bicyclic) bond motifs is 2. The topological polar surface area (TPSA) is 47.6 Å². The van der Waals surface area contributed by atoms with E-state index in [1.165, 1.54) is 19.3 Å². The molecule has 1 amide bonds. The summed E-state index contributed by atoms with van der Waals surface area (Å²) in [5, 5.41) is 3.44. The minimum Gasteiger partial charge on any atom is -0.495 e. The fourth-order valence-electron chi connectivity index (χ4n) is 3.75. The fourth-order valence-corrected chi connectivity index (χ4v) is 3.99. The van der Waals surface area contributed by atoms with E-state index in [0.717, 1.165) is 12.3 Å². The highest BCUT2D eigenvalue weighted by molar-refractivity contribution is 6.32. The molecule has 0 aliphatic heterocycles. The van der Waals surface area contributed by atoms with Gasteiger partial charge in [0, 0.05) is 12.0 Å². The van der Waals surface area contributed by atoms with Crippen LogP contribution in [0.5, 0.6) is 11.5 Å². The smallest absolute Gasteiger partial charge is 0.227 e. The van der Waals surface area contributed by atoms with Crippen LogP contribution < -0.4 is 14.8 Å². The molecule has 2 bridgehead atoms. The molecule has 0 saturated heterocycles. The minimum atomic E-state index is 0.0849. The van der Waals surface area contributed by atoms with Crippen molar-refractivity contribution in [2.75, 3.05) is 19.5 Å². The molecule has 114 valence electrons. The van der Waals surface area contributed by atoms with E-state index in [0.29, 0.717) is 28.1 Å². The van der Waals surface area contributed by atoms with Crippen molar-refractivity contribution in [2.45, 2.75) is 25.7 Å². The summed E-state index contributed by atoms with van der Waals surface area (Å²) in [5.74, 6) is 2.61. The van der Waals surface area contributed by atoms with Crippen molar-refractivity contribution >= 4 is 23.2 Å². The first kappa shape index (κ1) is 14.5. The van der Waals surface area contributed by atoms with Gasteiger partial charge in [-0.3, -0.25) is 4.79 Å². The first-order valence-corrected chi connectivity index (χ1v) is 7.72. The van der Waals surface area contributed by atoms with Crippen LogP contribution in [0.1, 0.15) is 25.7 Å². The van der Waals surface area contributed by atoms with Crippen molar-refractivity contribution in [2.24, 2.45) is 17.8 Å². The van der Waals surface area contributed by atoms with Gasteiger partial charge in [-0.05, 0) is 37.2 Å². The molecule has 3 rings (SSSR count). The third-order valence-corrected chi connectivity index (χ3v) is 5.10. The molecule has 4 nitrogen and oxygen atoms in total. The van der Waals surface area contributed by atoms with E-state index >= 15 is 0 Å². The van der Waals surface area contributed by atoms with Crippen LogP contribution in [0.3, 0.4) is 0 Å². The molecule has 3 atom stereocenters. The molecule has 1 aromatic carbocycles. The van der Waals surface area contributed by atoms with E-state index in [9.17, 15) is 4.79 Å². The van der Waals surface area contributed by atoms with Crippen molar-refractivity contribution in [1.82, 2.24) is 0 Å². The van der Waals surface area contributed by atoms with Gasteiger partial charge in [0.15, 0.2) is 0 Å². The van der Waals surface area contributed by atoms with Gasteiger partial charge in [-0.25, -0.2) is 0 Å². The number of ether oxygens (including phenoxy) is 2. The quantitative estimate of drug-likeness (QED) is 0.922. The average molecular weight is 310 g/mol. The number of rotatable bonds is 4. The Hall–Kier alpha value is -1.42. The van der Waals surface area contributed by atoms with Gasteiger partial charge in [-0.15, -0.1) is 0 Å². The van der Waals surface area contributed by atoms with Gasteiger partial charge >= 0.3 is 0 Å². The molecule has 2 fully saturated rings. The Morgan fingerprint density at radius 2 is 1.95 bits per heavy atom. The Morgan fingerprint density at radius 3 is 2.52 bits per heavy atom. The Balaban J connectivity index is 1.78. The van der Waals surface area contributed by atoms with Crippen molar-refractivity contribution in [3.05, 3.63) is 17.2 Å². The minimum absolute atomic E-state index is 0.0849. The number of hydrogen-bond donors (Lipinski definition) is 1. The number of carbonyl (C=O) groups is 1. The molecule has 3 unspecified atom stereocenters. The Morgan fingerprint density at radius 1 is 1.19 bits per heavy atom. The molecular formula is C16H20ClNO3. The maximum Gasteiger partial charge on any atom is 0.227 e. The molecule has 0 spiro atoms. The van der Waals surface area contributed by atoms with Crippen molar-refractivity contribution in [1.29, 1.82) is 0 Å². The van der Waals surface area contributed by atoms with Crippen LogP contribution in [-0.4, -0.2) is 20.1 Å². The van der Waals surface area contributed by atoms with Crippen molar-refractivity contribution in [3.8, 4) is 11.5 Å². The van der Waals surface area contributed by atoms with Crippen molar-refractivity contribution in [3.63, 3.8) is 0 Å². The molecule has 0 aromatic heterocycles. The molecule has 2 aliphatic rings. The SMILES string of the molecule is COc1cc(OC)c(NC(=O)C2CC3CCC2C3)cc1Cl. The standard InChI is InChI=1S/C16H20ClNO3/c1-20-14-8-15(21-2)13(7-12(14)17)18-16(19)11-6-9-3-4-10(11)5-9/h7-11H,3-6H2,1-2H3,(H,18,19). The van der Waals surface area contributed by atoms with E-state index in [1.54, 1.807) is 26.4 Å². The molecule has 2 aliphatic carbocycles. The van der Waals surface area contributed by atoms with Gasteiger partial charge in [-0.1, -0.05) is 18.0 Å². The lowest BCUT2D eigenvalue weighted by Gasteiger charge is -2.21. The first-order valence-electron chi connectivity index (χ1n) is 7.34. The number of hydrogen-bond acceptors (Lipinski definition) is 3. The molecule has 21 heavy (non-hydrogen) atoms. The number of halogens is 1. The van der Waals surface area contributed by atoms with Crippen LogP contribution >= 0.6 is 11.6 Å². The third kappa shape index (κ3) is 2.69. The Kier molecular flexibility index (Phi) is 3.98. The van der Waals surface area contributed by atoms with Crippen LogP contribution in [0, 0.1) is 17.8 Å². The van der Waals surface area contributed by atoms with Crippen LogP contribution in [0.25, 0.3) is 0 Å². The van der Waals surface area contributed by atoms with Gasteiger partial charge in [0.2, 0.25) is 5.91 Å². The molecule has 1 aromatic rings. The van der Waals surface area contributed by atoms with Crippen LogP contribution in [0.4, 0.5) is 5.69 Å². The summed E-state index contributed by atoms with van der Waals surface area (Å²) < 4.78 is 10.5. The van der Waals surface area contributed by atoms with Crippen LogP contribution in [0.15, 0.2) is 12.1 Å². The van der Waals surface area contributed by atoms with E-state index in [-0.39, 0.29) is 11.8 Å². The highest BCUT2D eigenvalue weighted by atomic mass is 35.5. The number of carbonyl (C=O) groups excluding carboxylic acids is 1. The highest BCUT2D eigenvalue weighted by Gasteiger charge is 2.43. The monoisotopic (exact) mass is 309 g/mol. The molecule has 5 heteroatoms. The van der Waals surface area contributed by atoms with E-state index in [2.05, 4.69) is 5.32 Å². The largest absolute Gasteiger partial charge is 0.495 e. The molecule has 2 saturated carbocycles. The number of nitrogens with one attached hydrogen (secondary N) is 1. The van der Waals surface area contributed by atoms with Gasteiger partial charge in [0.05, 0.1) is 24.9 Å². The third-order valence-electron chi connectivity index (χ3n) is 4.81. The summed E-state index contributed by atoms with van der Waals surface area (Å²) in [6.07, 6.45) is 4.69. The first-order chi connectivity index (χ1) is 10.1. The summed E-state index contributed by atoms with van der Waals surface area (Å²) in [6.45, 7) is 0. The Bertz CT molecular complexity index is 561. The van der Waals surface area contributed by atoms with Gasteiger partial charge in [0.25, 0.3) is 0 Å². The summed E-state index contributed by atoms with van der Waals surface area (Å²) in [4.78, 5) is 12.5. The zero-order chi connectivity index (χ0) is 15.0. The molecule has 1 N–H and O–H groups in total. The van der Waals surface area contributed by atoms with Crippen LogP contribution in [-0.2, 0) is 4.79 Å². The van der Waals surface area contributed by atoms with Gasteiger partial charge in [0.1, 0.15) is 11.5 Å². The number of anilines is 1. The van der Waals surface area contributed by atoms with Gasteiger partial charge < -0.3 is 14.8 Å². The predicted octanol–water partition coefficient (Wildman–Crippen LogP) is 3.73. The second kappa shape index (κ2) is 5.76. The lowest BCUT2D eigenvalue weighted by atomic mass is 9.88. The zero-order valence-electron chi connectivity index (χ0n) is 12.3. The number of amides is 1. The summed E-state index contributed by atoms with van der Waals surface area (Å²) >= 11 is 6.13. The normalized spacial score (nSPS) is 26.7. The average Bonchev–Trinajstić information content (AvgIpc) is 3.10. The molecular weight excluding hydrogens is 290 g/mol. The van der Waals surface area contributed by atoms with Crippen molar-refractivity contribution < 1.29 is 14.3 Å². The molecule has 0 radical (unpaired) electrons. The second-order valence-corrected chi connectivity index (χ2v) is 6.36.